The molecule has 0 aliphatic heterocycles. The van der Waals surface area contributed by atoms with Crippen molar-refractivity contribution in [3.63, 3.8) is 0 Å². The lowest BCUT2D eigenvalue weighted by atomic mass is 10.1. The number of ether oxygens (including phenoxy) is 1. The summed E-state index contributed by atoms with van der Waals surface area (Å²) >= 11 is 1.19. The second-order valence-corrected chi connectivity index (χ2v) is 5.22. The first-order valence-corrected chi connectivity index (χ1v) is 6.75. The van der Waals surface area contributed by atoms with Gasteiger partial charge in [0.2, 0.25) is 0 Å². The SMILES string of the molecule is COc1ccc(-c2sc(NC(N)=O)c(C(N)=O)c2C)nc1. The quantitative estimate of drug-likeness (QED) is 0.796. The Balaban J connectivity index is 2.53. The molecule has 0 atom stereocenters. The molecule has 8 heteroatoms. The molecule has 110 valence electrons. The van der Waals surface area contributed by atoms with E-state index in [0.717, 1.165) is 4.88 Å². The number of hydrogen-bond acceptors (Lipinski definition) is 5. The Labute approximate surface area is 124 Å². The van der Waals surface area contributed by atoms with E-state index < -0.39 is 11.9 Å². The van der Waals surface area contributed by atoms with Crippen molar-refractivity contribution in [2.75, 3.05) is 12.4 Å². The molecule has 2 aromatic heterocycles. The van der Waals surface area contributed by atoms with E-state index in [0.29, 0.717) is 22.0 Å². The lowest BCUT2D eigenvalue weighted by Gasteiger charge is -2.02. The highest BCUT2D eigenvalue weighted by Gasteiger charge is 2.21. The third kappa shape index (κ3) is 2.95. The van der Waals surface area contributed by atoms with E-state index in [1.165, 1.54) is 11.3 Å². The van der Waals surface area contributed by atoms with E-state index in [4.69, 9.17) is 16.2 Å². The van der Waals surface area contributed by atoms with Crippen LogP contribution in [0, 0.1) is 6.92 Å². The number of urea groups is 1. The van der Waals surface area contributed by atoms with Crippen LogP contribution in [0.4, 0.5) is 9.80 Å². The summed E-state index contributed by atoms with van der Waals surface area (Å²) in [6, 6.07) is 2.76. The van der Waals surface area contributed by atoms with Crippen LogP contribution >= 0.6 is 11.3 Å². The Hall–Kier alpha value is -2.61. The number of nitrogens with zero attached hydrogens (tertiary/aromatic N) is 1. The highest BCUT2D eigenvalue weighted by Crippen LogP contribution is 2.39. The molecular weight excluding hydrogens is 292 g/mol. The number of carbonyl (C=O) groups excluding carboxylic acids is 2. The predicted molar refractivity (Wildman–Crippen MR) is 80.6 cm³/mol. The van der Waals surface area contributed by atoms with Crippen LogP contribution in [-0.4, -0.2) is 24.0 Å². The highest BCUT2D eigenvalue weighted by molar-refractivity contribution is 7.20. The molecule has 0 bridgehead atoms. The van der Waals surface area contributed by atoms with Gasteiger partial charge < -0.3 is 16.2 Å². The molecule has 0 spiro atoms. The molecule has 0 aromatic carbocycles. The van der Waals surface area contributed by atoms with Crippen LogP contribution in [-0.2, 0) is 0 Å². The fourth-order valence-electron chi connectivity index (χ4n) is 1.89. The molecule has 2 aromatic rings. The highest BCUT2D eigenvalue weighted by atomic mass is 32.1. The van der Waals surface area contributed by atoms with E-state index in [9.17, 15) is 9.59 Å². The van der Waals surface area contributed by atoms with Crippen LogP contribution in [0.1, 0.15) is 15.9 Å². The van der Waals surface area contributed by atoms with Crippen molar-refractivity contribution >= 4 is 28.3 Å². The smallest absolute Gasteiger partial charge is 0.317 e. The summed E-state index contributed by atoms with van der Waals surface area (Å²) < 4.78 is 5.05. The molecule has 0 fully saturated rings. The number of aromatic nitrogens is 1. The molecule has 0 saturated carbocycles. The minimum absolute atomic E-state index is 0.242. The molecule has 3 amide bonds. The van der Waals surface area contributed by atoms with Crippen LogP contribution in [0.15, 0.2) is 18.3 Å². The summed E-state index contributed by atoms with van der Waals surface area (Å²) in [6.45, 7) is 1.74. The van der Waals surface area contributed by atoms with Crippen LogP contribution in [0.25, 0.3) is 10.6 Å². The fourth-order valence-corrected chi connectivity index (χ4v) is 3.08. The summed E-state index contributed by atoms with van der Waals surface area (Å²) in [4.78, 5) is 27.6. The standard InChI is InChI=1S/C13H14N4O3S/c1-6-9(11(14)18)12(17-13(15)19)21-10(6)8-4-3-7(20-2)5-16-8/h3-5H,1-2H3,(H2,14,18)(H3,15,17,19). The maximum absolute atomic E-state index is 11.6. The zero-order valence-electron chi connectivity index (χ0n) is 11.5. The molecule has 0 radical (unpaired) electrons. The zero-order valence-corrected chi connectivity index (χ0v) is 12.3. The summed E-state index contributed by atoms with van der Waals surface area (Å²) in [5.74, 6) is -0.00849. The zero-order chi connectivity index (χ0) is 15.6. The first-order chi connectivity index (χ1) is 9.93. The second kappa shape index (κ2) is 5.80. The third-order valence-electron chi connectivity index (χ3n) is 2.83. The Bertz CT molecular complexity index is 694. The van der Waals surface area contributed by atoms with Crippen LogP contribution < -0.4 is 21.5 Å². The van der Waals surface area contributed by atoms with E-state index in [1.807, 2.05) is 0 Å². The van der Waals surface area contributed by atoms with Crippen molar-refractivity contribution in [3.05, 3.63) is 29.5 Å². The molecule has 0 unspecified atom stereocenters. The van der Waals surface area contributed by atoms with Gasteiger partial charge in [0.25, 0.3) is 5.91 Å². The number of primary amides is 2. The number of nitrogens with one attached hydrogen (secondary N) is 1. The molecule has 0 aliphatic carbocycles. The number of amides is 3. The summed E-state index contributed by atoms with van der Waals surface area (Å²) in [5.41, 5.74) is 12.0. The maximum Gasteiger partial charge on any atom is 0.317 e. The number of methoxy groups -OCH3 is 1. The number of nitrogens with two attached hydrogens (primary N) is 2. The van der Waals surface area contributed by atoms with Gasteiger partial charge in [-0.1, -0.05) is 0 Å². The molecule has 0 saturated heterocycles. The minimum atomic E-state index is -0.756. The Morgan fingerprint density at radius 3 is 2.52 bits per heavy atom. The largest absolute Gasteiger partial charge is 0.495 e. The van der Waals surface area contributed by atoms with Gasteiger partial charge in [-0.2, -0.15) is 0 Å². The van der Waals surface area contributed by atoms with Crippen molar-refractivity contribution < 1.29 is 14.3 Å². The monoisotopic (exact) mass is 306 g/mol. The van der Waals surface area contributed by atoms with Gasteiger partial charge in [-0.3, -0.25) is 15.1 Å². The van der Waals surface area contributed by atoms with E-state index in [1.54, 1.807) is 32.4 Å². The van der Waals surface area contributed by atoms with Gasteiger partial charge >= 0.3 is 6.03 Å². The molecule has 5 N–H and O–H groups in total. The van der Waals surface area contributed by atoms with Gasteiger partial charge in [-0.25, -0.2) is 4.79 Å². The first kappa shape index (κ1) is 14.8. The lowest BCUT2D eigenvalue weighted by molar-refractivity contribution is 0.100. The fraction of sp³-hybridized carbons (Fsp3) is 0.154. The summed E-state index contributed by atoms with van der Waals surface area (Å²) in [6.07, 6.45) is 1.57. The van der Waals surface area contributed by atoms with Crippen molar-refractivity contribution in [1.82, 2.24) is 4.98 Å². The van der Waals surface area contributed by atoms with Crippen LogP contribution in [0.2, 0.25) is 0 Å². The normalized spacial score (nSPS) is 10.2. The van der Waals surface area contributed by atoms with Crippen molar-refractivity contribution in [2.45, 2.75) is 6.92 Å². The van der Waals surface area contributed by atoms with Crippen LogP contribution in [0.5, 0.6) is 5.75 Å². The van der Waals surface area contributed by atoms with Gasteiger partial charge in [0.05, 0.1) is 29.4 Å². The first-order valence-electron chi connectivity index (χ1n) is 5.94. The van der Waals surface area contributed by atoms with Crippen molar-refractivity contribution in [3.8, 4) is 16.3 Å². The summed E-state index contributed by atoms with van der Waals surface area (Å²) in [5, 5.41) is 2.73. The number of anilines is 1. The van der Waals surface area contributed by atoms with Crippen LogP contribution in [0.3, 0.4) is 0 Å². The van der Waals surface area contributed by atoms with E-state index in [2.05, 4.69) is 10.3 Å². The number of carbonyl (C=O) groups is 2. The topological polar surface area (TPSA) is 120 Å². The van der Waals surface area contributed by atoms with Crippen molar-refractivity contribution in [2.24, 2.45) is 11.5 Å². The number of thiophene rings is 1. The lowest BCUT2D eigenvalue weighted by Crippen LogP contribution is -2.21. The minimum Gasteiger partial charge on any atom is -0.495 e. The predicted octanol–water partition coefficient (Wildman–Crippen LogP) is 1.72. The van der Waals surface area contributed by atoms with E-state index >= 15 is 0 Å². The van der Waals surface area contributed by atoms with Gasteiger partial charge in [-0.15, -0.1) is 11.3 Å². The van der Waals surface area contributed by atoms with Gasteiger partial charge in [0.1, 0.15) is 10.8 Å². The van der Waals surface area contributed by atoms with Gasteiger partial charge in [0, 0.05) is 0 Å². The summed E-state index contributed by atoms with van der Waals surface area (Å²) in [7, 11) is 1.55. The van der Waals surface area contributed by atoms with Gasteiger partial charge in [0.15, 0.2) is 0 Å². The number of rotatable bonds is 4. The Kier molecular flexibility index (Phi) is 4.08. The third-order valence-corrected chi connectivity index (χ3v) is 4.06. The van der Waals surface area contributed by atoms with Crippen molar-refractivity contribution in [1.29, 1.82) is 0 Å². The Morgan fingerprint density at radius 1 is 1.33 bits per heavy atom. The maximum atomic E-state index is 11.6. The molecule has 7 nitrogen and oxygen atoms in total. The second-order valence-electron chi connectivity index (χ2n) is 4.20. The average Bonchev–Trinajstić information content (AvgIpc) is 2.75. The molecule has 0 aliphatic rings. The molecular formula is C13H14N4O3S. The molecule has 2 heterocycles. The number of hydrogen-bond donors (Lipinski definition) is 3. The average molecular weight is 306 g/mol. The molecule has 21 heavy (non-hydrogen) atoms. The van der Waals surface area contributed by atoms with E-state index in [-0.39, 0.29) is 5.56 Å². The van der Waals surface area contributed by atoms with Gasteiger partial charge in [-0.05, 0) is 24.6 Å². The number of pyridine rings is 1. The Morgan fingerprint density at radius 2 is 2.05 bits per heavy atom. The molecule has 2 rings (SSSR count).